The molecular weight excluding hydrogens is 532 g/mol. The van der Waals surface area contributed by atoms with Crippen LogP contribution in [0.2, 0.25) is 0 Å². The number of hydrogen-bond acceptors (Lipinski definition) is 7. The van der Waals surface area contributed by atoms with E-state index >= 15 is 0 Å². The van der Waals surface area contributed by atoms with E-state index in [0.717, 1.165) is 57.8 Å². The van der Waals surface area contributed by atoms with E-state index in [2.05, 4.69) is 54.5 Å². The van der Waals surface area contributed by atoms with Gasteiger partial charge in [-0.3, -0.25) is 9.59 Å². The van der Waals surface area contributed by atoms with E-state index in [1.54, 1.807) is 0 Å². The van der Waals surface area contributed by atoms with Crippen molar-refractivity contribution in [3.05, 3.63) is 11.6 Å². The number of rotatable bonds is 2. The standard InChI is InChI=1S/C35H54O7/c1-30(2)14-16-35(29(40)42-28-27(39)26(38)22(36)19-41-28)17-15-33(6)20(21(35)18-30)8-9-24-32(5)12-11-25(37)31(3,4)23(32)10-13-34(24,33)7/h8,21-24,26-28,36,38-39H,9-19H2,1-7H3/t21-,22+,23-,24+,26-,27+,28-,32-,33+,34+,35-/m0/s1. The number of allylic oxidation sites excluding steroid dienone is 2. The summed E-state index contributed by atoms with van der Waals surface area (Å²) in [4.78, 5) is 27.3. The third-order valence-corrected chi connectivity index (χ3v) is 14.5. The first kappa shape index (κ1) is 30.7. The van der Waals surface area contributed by atoms with Crippen molar-refractivity contribution in [1.29, 1.82) is 0 Å². The Morgan fingerprint density at radius 2 is 1.60 bits per heavy atom. The van der Waals surface area contributed by atoms with Gasteiger partial charge < -0.3 is 24.8 Å². The Morgan fingerprint density at radius 1 is 0.905 bits per heavy atom. The molecule has 11 atom stereocenters. The second-order valence-electron chi connectivity index (χ2n) is 17.2. The molecule has 0 aromatic carbocycles. The molecule has 6 aliphatic rings. The molecule has 5 aliphatic carbocycles. The van der Waals surface area contributed by atoms with E-state index in [-0.39, 0.29) is 45.6 Å². The van der Waals surface area contributed by atoms with Crippen LogP contribution in [0, 0.1) is 50.2 Å². The lowest BCUT2D eigenvalue weighted by Gasteiger charge is -2.70. The van der Waals surface area contributed by atoms with Gasteiger partial charge >= 0.3 is 5.97 Å². The Bertz CT molecular complexity index is 1170. The molecule has 0 aromatic rings. The maximum Gasteiger partial charge on any atom is 0.315 e. The Balaban J connectivity index is 1.36. The summed E-state index contributed by atoms with van der Waals surface area (Å²) in [5.74, 6) is 1.00. The molecule has 5 fully saturated rings. The summed E-state index contributed by atoms with van der Waals surface area (Å²) in [6.07, 6.45) is 6.05. The van der Waals surface area contributed by atoms with Crippen LogP contribution in [-0.2, 0) is 19.1 Å². The highest BCUT2D eigenvalue weighted by molar-refractivity contribution is 5.85. The molecule has 1 heterocycles. The quantitative estimate of drug-likeness (QED) is 0.296. The maximum absolute atomic E-state index is 14.2. The van der Waals surface area contributed by atoms with Gasteiger partial charge in [0, 0.05) is 11.8 Å². The van der Waals surface area contributed by atoms with Gasteiger partial charge in [-0.25, -0.2) is 0 Å². The molecule has 7 heteroatoms. The highest BCUT2D eigenvalue weighted by Crippen LogP contribution is 2.75. The highest BCUT2D eigenvalue weighted by Gasteiger charge is 2.69. The minimum Gasteiger partial charge on any atom is -0.432 e. The van der Waals surface area contributed by atoms with E-state index in [9.17, 15) is 24.9 Å². The molecule has 7 nitrogen and oxygen atoms in total. The smallest absolute Gasteiger partial charge is 0.315 e. The number of carbonyl (C=O) groups excluding carboxylic acids is 2. The number of hydrogen-bond donors (Lipinski definition) is 3. The first-order valence-corrected chi connectivity index (χ1v) is 16.5. The second-order valence-corrected chi connectivity index (χ2v) is 17.2. The van der Waals surface area contributed by atoms with Crippen LogP contribution in [-0.4, -0.2) is 58.3 Å². The van der Waals surface area contributed by atoms with Crippen molar-refractivity contribution in [3.63, 3.8) is 0 Å². The molecular formula is C35H54O7. The van der Waals surface area contributed by atoms with E-state index < -0.39 is 30.0 Å². The van der Waals surface area contributed by atoms with Crippen LogP contribution in [0.3, 0.4) is 0 Å². The van der Waals surface area contributed by atoms with E-state index in [1.165, 1.54) is 5.57 Å². The fourth-order valence-electron chi connectivity index (χ4n) is 11.5. The van der Waals surface area contributed by atoms with Gasteiger partial charge in [-0.1, -0.05) is 60.1 Å². The minimum absolute atomic E-state index is 0.0384. The molecule has 0 aromatic heterocycles. The fraction of sp³-hybridized carbons (Fsp3) is 0.886. The van der Waals surface area contributed by atoms with Crippen LogP contribution in [0.15, 0.2) is 11.6 Å². The number of ether oxygens (including phenoxy) is 2. The van der Waals surface area contributed by atoms with Gasteiger partial charge in [-0.05, 0) is 97.2 Å². The topological polar surface area (TPSA) is 113 Å². The predicted octanol–water partition coefficient (Wildman–Crippen LogP) is 5.34. The van der Waals surface area contributed by atoms with E-state index in [0.29, 0.717) is 24.0 Å². The Hall–Kier alpha value is -1.28. The molecule has 6 rings (SSSR count). The first-order valence-electron chi connectivity index (χ1n) is 16.5. The van der Waals surface area contributed by atoms with Crippen LogP contribution < -0.4 is 0 Å². The van der Waals surface area contributed by atoms with Gasteiger partial charge in [0.2, 0.25) is 6.29 Å². The molecule has 236 valence electrons. The van der Waals surface area contributed by atoms with Crippen molar-refractivity contribution in [3.8, 4) is 0 Å². The first-order chi connectivity index (χ1) is 19.4. The number of aliphatic hydroxyl groups excluding tert-OH is 3. The van der Waals surface area contributed by atoms with Crippen molar-refractivity contribution < 1.29 is 34.4 Å². The molecule has 1 aliphatic heterocycles. The molecule has 1 saturated heterocycles. The number of carbonyl (C=O) groups is 2. The fourth-order valence-corrected chi connectivity index (χ4v) is 11.5. The molecule has 0 radical (unpaired) electrons. The lowest BCUT2D eigenvalue weighted by molar-refractivity contribution is -0.270. The van der Waals surface area contributed by atoms with E-state index in [4.69, 9.17) is 9.47 Å². The average molecular weight is 587 g/mol. The van der Waals surface area contributed by atoms with Gasteiger partial charge in [-0.2, -0.15) is 0 Å². The number of esters is 1. The summed E-state index contributed by atoms with van der Waals surface area (Å²) in [5, 5.41) is 30.7. The summed E-state index contributed by atoms with van der Waals surface area (Å²) in [7, 11) is 0. The second kappa shape index (κ2) is 9.61. The minimum atomic E-state index is -1.49. The van der Waals surface area contributed by atoms with Gasteiger partial charge in [-0.15, -0.1) is 0 Å². The summed E-state index contributed by atoms with van der Waals surface area (Å²) in [6, 6.07) is 0. The third-order valence-electron chi connectivity index (χ3n) is 14.5. The lowest BCUT2D eigenvalue weighted by Crippen LogP contribution is -2.65. The highest BCUT2D eigenvalue weighted by atomic mass is 16.7. The Labute approximate surface area is 251 Å². The summed E-state index contributed by atoms with van der Waals surface area (Å²) < 4.78 is 11.4. The Morgan fingerprint density at radius 3 is 2.31 bits per heavy atom. The van der Waals surface area contributed by atoms with Crippen LogP contribution in [0.25, 0.3) is 0 Å². The van der Waals surface area contributed by atoms with Crippen LogP contribution in [0.4, 0.5) is 0 Å². The zero-order valence-electron chi connectivity index (χ0n) is 26.9. The molecule has 0 unspecified atom stereocenters. The van der Waals surface area contributed by atoms with Gasteiger partial charge in [0.05, 0.1) is 12.0 Å². The van der Waals surface area contributed by atoms with Crippen LogP contribution >= 0.6 is 0 Å². The number of aliphatic hydroxyl groups is 3. The van der Waals surface area contributed by atoms with Crippen molar-refractivity contribution in [2.24, 2.45) is 50.2 Å². The molecule has 3 N–H and O–H groups in total. The Kier molecular flexibility index (Phi) is 7.03. The SMILES string of the molecule is CC1(C)CC[C@]2(C(=O)O[C@@H]3OC[C@@H](O)[C@H](O)[C@H]3O)CC[C@]3(C)C(=CC[C@@H]4[C@@]5(C)CCC(=O)C(C)(C)[C@@H]5CC[C@]43C)[C@@H]2C1. The van der Waals surface area contributed by atoms with Crippen molar-refractivity contribution in [2.45, 2.75) is 137 Å². The number of Topliss-reactive ketones (excluding diaryl/α,β-unsaturated/α-hetero) is 1. The lowest BCUT2D eigenvalue weighted by atomic mass is 9.33. The summed E-state index contributed by atoms with van der Waals surface area (Å²) in [5.41, 5.74) is 0.643. The number of fused-ring (bicyclic) bond motifs is 7. The van der Waals surface area contributed by atoms with Crippen molar-refractivity contribution in [2.75, 3.05) is 6.61 Å². The van der Waals surface area contributed by atoms with Crippen molar-refractivity contribution in [1.82, 2.24) is 0 Å². The largest absolute Gasteiger partial charge is 0.432 e. The zero-order chi connectivity index (χ0) is 30.7. The van der Waals surface area contributed by atoms with Gasteiger partial charge in [0.15, 0.2) is 0 Å². The maximum atomic E-state index is 14.2. The van der Waals surface area contributed by atoms with Crippen LogP contribution in [0.5, 0.6) is 0 Å². The molecule has 0 amide bonds. The van der Waals surface area contributed by atoms with Gasteiger partial charge in [0.1, 0.15) is 24.1 Å². The van der Waals surface area contributed by atoms with Gasteiger partial charge in [0.25, 0.3) is 0 Å². The normalized spacial score (nSPS) is 51.2. The zero-order valence-corrected chi connectivity index (χ0v) is 26.9. The monoisotopic (exact) mass is 586 g/mol. The average Bonchev–Trinajstić information content (AvgIpc) is 2.91. The third kappa shape index (κ3) is 4.04. The summed E-state index contributed by atoms with van der Waals surface area (Å²) >= 11 is 0. The molecule has 42 heavy (non-hydrogen) atoms. The predicted molar refractivity (Wildman–Crippen MR) is 158 cm³/mol. The molecule has 0 bridgehead atoms. The summed E-state index contributed by atoms with van der Waals surface area (Å²) in [6.45, 7) is 16.3. The molecule has 4 saturated carbocycles. The van der Waals surface area contributed by atoms with E-state index in [1.807, 2.05) is 0 Å². The number of ketones is 1. The van der Waals surface area contributed by atoms with Crippen molar-refractivity contribution >= 4 is 11.8 Å². The van der Waals surface area contributed by atoms with Crippen LogP contribution in [0.1, 0.15) is 113 Å². The molecule has 0 spiro atoms.